The lowest BCUT2D eigenvalue weighted by molar-refractivity contribution is 0.399. The van der Waals surface area contributed by atoms with Crippen LogP contribution in [0.4, 0.5) is 17.2 Å². The van der Waals surface area contributed by atoms with Crippen LogP contribution in [0, 0.1) is 11.3 Å². The van der Waals surface area contributed by atoms with Gasteiger partial charge in [0.05, 0.1) is 28.9 Å². The third kappa shape index (κ3) is 6.28. The number of nitrogens with one attached hydrogen (secondary N) is 1. The second kappa shape index (κ2) is 11.7. The number of methoxy groups -OCH3 is 1. The number of rotatable bonds is 10. The molecule has 0 atom stereocenters. The minimum Gasteiger partial charge on any atom is -0.495 e. The van der Waals surface area contributed by atoms with Crippen molar-refractivity contribution in [3.8, 4) is 11.8 Å². The van der Waals surface area contributed by atoms with Crippen molar-refractivity contribution in [3.05, 3.63) is 59.4 Å². The normalized spacial score (nSPS) is 11.1. The largest absolute Gasteiger partial charge is 0.495 e. The van der Waals surface area contributed by atoms with E-state index in [1.807, 2.05) is 54.2 Å². The van der Waals surface area contributed by atoms with E-state index in [2.05, 4.69) is 47.3 Å². The fourth-order valence-electron chi connectivity index (χ4n) is 3.92. The van der Waals surface area contributed by atoms with E-state index in [0.29, 0.717) is 16.4 Å². The molecule has 4 rings (SSSR count). The zero-order chi connectivity index (χ0) is 26.5. The molecular formula is C27H30ClN7OS. The zero-order valence-electron chi connectivity index (χ0n) is 21.6. The van der Waals surface area contributed by atoms with Crippen molar-refractivity contribution < 1.29 is 4.74 Å². The summed E-state index contributed by atoms with van der Waals surface area (Å²) in [7, 11) is 9.79. The number of ether oxygens (including phenoxy) is 1. The van der Waals surface area contributed by atoms with Crippen molar-refractivity contribution in [3.63, 3.8) is 0 Å². The molecule has 192 valence electrons. The topological polar surface area (TPSA) is 82.2 Å². The van der Waals surface area contributed by atoms with Crippen molar-refractivity contribution in [1.29, 1.82) is 5.26 Å². The second-order valence-electron chi connectivity index (χ2n) is 8.98. The van der Waals surface area contributed by atoms with Gasteiger partial charge in [-0.3, -0.25) is 0 Å². The van der Waals surface area contributed by atoms with E-state index < -0.39 is 0 Å². The molecule has 0 saturated heterocycles. The highest BCUT2D eigenvalue weighted by Gasteiger charge is 2.15. The maximum absolute atomic E-state index is 9.82. The summed E-state index contributed by atoms with van der Waals surface area (Å²) in [6, 6.07) is 13.7. The number of imidazole rings is 1. The standard InChI is InChI=1S/C27H30ClN7OS/c1-33(2)10-6-11-34(3)23-16-22-18(14-24(23)36-5)13-19(17-29)26(32-22)31-20-7-8-25(21(28)15-20)37-27-30-9-12-35(27)4/h7-9,12-16H,6,10-11H2,1-5H3,(H,31,32). The molecule has 0 aliphatic heterocycles. The van der Waals surface area contributed by atoms with E-state index in [1.165, 1.54) is 11.8 Å². The lowest BCUT2D eigenvalue weighted by Gasteiger charge is -2.23. The van der Waals surface area contributed by atoms with Crippen LogP contribution < -0.4 is 15.0 Å². The van der Waals surface area contributed by atoms with Gasteiger partial charge in [0.15, 0.2) is 5.16 Å². The van der Waals surface area contributed by atoms with E-state index in [1.54, 1.807) is 13.3 Å². The number of aryl methyl sites for hydroxylation is 1. The number of benzene rings is 2. The first-order valence-electron chi connectivity index (χ1n) is 11.8. The first kappa shape index (κ1) is 26.6. The zero-order valence-corrected chi connectivity index (χ0v) is 23.2. The van der Waals surface area contributed by atoms with Gasteiger partial charge in [0.1, 0.15) is 17.6 Å². The van der Waals surface area contributed by atoms with Gasteiger partial charge in [-0.1, -0.05) is 23.4 Å². The molecule has 2 aromatic carbocycles. The molecule has 37 heavy (non-hydrogen) atoms. The molecule has 0 aliphatic carbocycles. The molecular weight excluding hydrogens is 506 g/mol. The summed E-state index contributed by atoms with van der Waals surface area (Å²) in [5, 5.41) is 15.4. The summed E-state index contributed by atoms with van der Waals surface area (Å²) >= 11 is 8.07. The predicted octanol–water partition coefficient (Wildman–Crippen LogP) is 5.78. The lowest BCUT2D eigenvalue weighted by Crippen LogP contribution is -2.23. The highest BCUT2D eigenvalue weighted by molar-refractivity contribution is 7.99. The maximum Gasteiger partial charge on any atom is 0.172 e. The number of halogens is 1. The number of fused-ring (bicyclic) bond motifs is 1. The molecule has 0 fully saturated rings. The number of nitriles is 1. The Morgan fingerprint density at radius 3 is 2.62 bits per heavy atom. The van der Waals surface area contributed by atoms with E-state index in [-0.39, 0.29) is 0 Å². The van der Waals surface area contributed by atoms with Gasteiger partial charge in [-0.25, -0.2) is 9.97 Å². The molecule has 0 unspecified atom stereocenters. The Hall–Kier alpha value is -3.45. The summed E-state index contributed by atoms with van der Waals surface area (Å²) < 4.78 is 7.61. The number of aromatic nitrogens is 3. The summed E-state index contributed by atoms with van der Waals surface area (Å²) in [6.45, 7) is 1.88. The van der Waals surface area contributed by atoms with Crippen LogP contribution in [0.15, 0.2) is 58.8 Å². The number of nitrogens with zero attached hydrogens (tertiary/aromatic N) is 6. The van der Waals surface area contributed by atoms with Crippen LogP contribution in [0.1, 0.15) is 12.0 Å². The first-order chi connectivity index (χ1) is 17.8. The Morgan fingerprint density at radius 1 is 1.16 bits per heavy atom. The average molecular weight is 536 g/mol. The van der Waals surface area contributed by atoms with E-state index in [9.17, 15) is 5.26 Å². The van der Waals surface area contributed by atoms with Crippen LogP contribution in [0.3, 0.4) is 0 Å². The molecule has 8 nitrogen and oxygen atoms in total. The molecule has 0 aliphatic rings. The van der Waals surface area contributed by atoms with Crippen LogP contribution in [0.25, 0.3) is 10.9 Å². The molecule has 2 aromatic heterocycles. The molecule has 2 heterocycles. The molecule has 0 radical (unpaired) electrons. The summed E-state index contributed by atoms with van der Waals surface area (Å²) in [5.41, 5.74) is 2.90. The van der Waals surface area contributed by atoms with Gasteiger partial charge in [-0.05, 0) is 63.5 Å². The predicted molar refractivity (Wildman–Crippen MR) is 152 cm³/mol. The summed E-state index contributed by atoms with van der Waals surface area (Å²) in [5.74, 6) is 1.22. The van der Waals surface area contributed by atoms with Crippen LogP contribution in [-0.4, -0.2) is 60.8 Å². The first-order valence-corrected chi connectivity index (χ1v) is 13.0. The van der Waals surface area contributed by atoms with E-state index in [0.717, 1.165) is 57.6 Å². The van der Waals surface area contributed by atoms with Gasteiger partial charge in [-0.15, -0.1) is 0 Å². The van der Waals surface area contributed by atoms with E-state index >= 15 is 0 Å². The van der Waals surface area contributed by atoms with Crippen molar-refractivity contribution >= 4 is 51.5 Å². The van der Waals surface area contributed by atoms with Crippen molar-refractivity contribution in [2.24, 2.45) is 7.05 Å². The summed E-state index contributed by atoms with van der Waals surface area (Å²) in [4.78, 5) is 14.4. The Balaban J connectivity index is 1.62. The fraction of sp³-hybridized carbons (Fsp3) is 0.296. The van der Waals surface area contributed by atoms with Crippen molar-refractivity contribution in [2.75, 3.05) is 51.6 Å². The van der Waals surface area contributed by atoms with Gasteiger partial charge in [0.25, 0.3) is 0 Å². The minimum absolute atomic E-state index is 0.434. The number of hydrogen-bond donors (Lipinski definition) is 1. The molecule has 10 heteroatoms. The van der Waals surface area contributed by atoms with Gasteiger partial charge in [0.2, 0.25) is 0 Å². The van der Waals surface area contributed by atoms with Gasteiger partial charge in [0, 0.05) is 49.0 Å². The molecule has 0 amide bonds. The smallest absolute Gasteiger partial charge is 0.172 e. The molecule has 0 spiro atoms. The Labute approximate surface area is 226 Å². The monoisotopic (exact) mass is 535 g/mol. The molecule has 0 bridgehead atoms. The number of hydrogen-bond acceptors (Lipinski definition) is 8. The van der Waals surface area contributed by atoms with Crippen molar-refractivity contribution in [1.82, 2.24) is 19.4 Å². The molecule has 1 N–H and O–H groups in total. The second-order valence-corrected chi connectivity index (χ2v) is 10.4. The fourth-order valence-corrected chi connectivity index (χ4v) is 5.03. The maximum atomic E-state index is 9.82. The highest BCUT2D eigenvalue weighted by atomic mass is 35.5. The number of anilines is 3. The van der Waals surface area contributed by atoms with Crippen LogP contribution in [-0.2, 0) is 7.05 Å². The lowest BCUT2D eigenvalue weighted by atomic mass is 10.1. The Kier molecular flexibility index (Phi) is 8.44. The quantitative estimate of drug-likeness (QED) is 0.273. The van der Waals surface area contributed by atoms with Crippen LogP contribution >= 0.6 is 23.4 Å². The molecule has 0 saturated carbocycles. The van der Waals surface area contributed by atoms with Gasteiger partial charge >= 0.3 is 0 Å². The SMILES string of the molecule is COc1cc2cc(C#N)c(Nc3ccc(Sc4nccn4C)c(Cl)c3)nc2cc1N(C)CCCN(C)C. The Morgan fingerprint density at radius 2 is 1.97 bits per heavy atom. The van der Waals surface area contributed by atoms with Gasteiger partial charge < -0.3 is 24.4 Å². The highest BCUT2D eigenvalue weighted by Crippen LogP contribution is 2.36. The third-order valence-electron chi connectivity index (χ3n) is 5.92. The van der Waals surface area contributed by atoms with Crippen LogP contribution in [0.2, 0.25) is 5.02 Å². The van der Waals surface area contributed by atoms with Crippen molar-refractivity contribution in [2.45, 2.75) is 16.5 Å². The van der Waals surface area contributed by atoms with Gasteiger partial charge in [-0.2, -0.15) is 5.26 Å². The third-order valence-corrected chi connectivity index (χ3v) is 7.50. The Bertz CT molecular complexity index is 1450. The average Bonchev–Trinajstić information content (AvgIpc) is 3.28. The summed E-state index contributed by atoms with van der Waals surface area (Å²) in [6.07, 6.45) is 4.67. The number of pyridine rings is 1. The minimum atomic E-state index is 0.434. The van der Waals surface area contributed by atoms with E-state index in [4.69, 9.17) is 21.3 Å². The molecule has 4 aromatic rings. The van der Waals surface area contributed by atoms with Crippen LogP contribution in [0.5, 0.6) is 5.75 Å².